The normalized spacial score (nSPS) is 12.0. The molecule has 0 radical (unpaired) electrons. The number of aromatic nitrogens is 4. The third kappa shape index (κ3) is 4.30. The van der Waals surface area contributed by atoms with Gasteiger partial charge in [-0.05, 0) is 24.0 Å². The molecule has 4 aromatic rings. The molecule has 4 rings (SSSR count). The number of anilines is 1. The second kappa shape index (κ2) is 8.73. The molecule has 0 saturated heterocycles. The van der Waals surface area contributed by atoms with E-state index < -0.39 is 0 Å². The standard InChI is InChI=1S/C23H23N5O2/c1-2-18(17-11-7-4-8-12-17)22(30)25-20-15-21(29)26-23-24-19(27-28(20)23)14-13-16-9-5-3-6-10-16/h3-12,15,18H,2,13-14H2,1H3,(H,25,30)(H,24,26,27,29)/t18-/m0/s1. The van der Waals surface area contributed by atoms with Gasteiger partial charge in [0.15, 0.2) is 5.82 Å². The lowest BCUT2D eigenvalue weighted by Gasteiger charge is -2.15. The van der Waals surface area contributed by atoms with Crippen LogP contribution in [0.25, 0.3) is 5.78 Å². The fraction of sp³-hybridized carbons (Fsp3) is 0.217. The molecule has 1 atom stereocenters. The van der Waals surface area contributed by atoms with Crippen LogP contribution >= 0.6 is 0 Å². The fourth-order valence-electron chi connectivity index (χ4n) is 3.50. The van der Waals surface area contributed by atoms with Crippen LogP contribution in [0.15, 0.2) is 71.5 Å². The van der Waals surface area contributed by atoms with Gasteiger partial charge in [-0.1, -0.05) is 67.6 Å². The van der Waals surface area contributed by atoms with E-state index >= 15 is 0 Å². The van der Waals surface area contributed by atoms with Crippen LogP contribution in [0.4, 0.5) is 5.82 Å². The van der Waals surface area contributed by atoms with E-state index in [4.69, 9.17) is 0 Å². The van der Waals surface area contributed by atoms with E-state index in [0.717, 1.165) is 12.0 Å². The molecule has 0 bridgehead atoms. The Labute approximate surface area is 173 Å². The van der Waals surface area contributed by atoms with Crippen LogP contribution in [0.1, 0.15) is 36.2 Å². The highest BCUT2D eigenvalue weighted by Gasteiger charge is 2.20. The molecule has 2 aromatic carbocycles. The molecule has 2 heterocycles. The maximum absolute atomic E-state index is 12.9. The number of fused-ring (bicyclic) bond motifs is 1. The minimum Gasteiger partial charge on any atom is -0.310 e. The van der Waals surface area contributed by atoms with E-state index in [1.54, 1.807) is 0 Å². The van der Waals surface area contributed by atoms with Crippen LogP contribution in [0.2, 0.25) is 0 Å². The largest absolute Gasteiger partial charge is 0.310 e. The van der Waals surface area contributed by atoms with Crippen molar-refractivity contribution in [2.45, 2.75) is 32.1 Å². The first kappa shape index (κ1) is 19.6. The van der Waals surface area contributed by atoms with Gasteiger partial charge in [-0.15, -0.1) is 5.10 Å². The molecule has 2 N–H and O–H groups in total. The van der Waals surface area contributed by atoms with Crippen molar-refractivity contribution in [3.8, 4) is 0 Å². The van der Waals surface area contributed by atoms with Crippen LogP contribution in [-0.2, 0) is 17.6 Å². The molecule has 0 unspecified atom stereocenters. The molecule has 0 aliphatic carbocycles. The third-order valence-corrected chi connectivity index (χ3v) is 5.04. The predicted octanol–water partition coefficient (Wildman–Crippen LogP) is 3.34. The minimum absolute atomic E-state index is 0.183. The first-order valence-electron chi connectivity index (χ1n) is 10.0. The number of nitrogens with zero attached hydrogens (tertiary/aromatic N) is 3. The van der Waals surface area contributed by atoms with Gasteiger partial charge in [-0.3, -0.25) is 14.6 Å². The van der Waals surface area contributed by atoms with Gasteiger partial charge in [-0.25, -0.2) is 0 Å². The molecular weight excluding hydrogens is 378 g/mol. The van der Waals surface area contributed by atoms with Gasteiger partial charge in [0.2, 0.25) is 11.7 Å². The van der Waals surface area contributed by atoms with Crippen LogP contribution in [0, 0.1) is 0 Å². The van der Waals surface area contributed by atoms with Crippen molar-refractivity contribution >= 4 is 17.5 Å². The smallest absolute Gasteiger partial charge is 0.254 e. The number of carbonyl (C=O) groups is 1. The van der Waals surface area contributed by atoms with Crippen molar-refractivity contribution in [3.05, 3.63) is 94.0 Å². The van der Waals surface area contributed by atoms with Crippen LogP contribution in [0.5, 0.6) is 0 Å². The van der Waals surface area contributed by atoms with Gasteiger partial charge < -0.3 is 5.32 Å². The number of amides is 1. The minimum atomic E-state index is -0.340. The fourth-order valence-corrected chi connectivity index (χ4v) is 3.50. The summed E-state index contributed by atoms with van der Waals surface area (Å²) in [5, 5.41) is 7.36. The Morgan fingerprint density at radius 2 is 1.77 bits per heavy atom. The van der Waals surface area contributed by atoms with E-state index in [1.807, 2.05) is 55.5 Å². The zero-order chi connectivity index (χ0) is 20.9. The van der Waals surface area contributed by atoms with Gasteiger partial charge in [-0.2, -0.15) is 9.50 Å². The van der Waals surface area contributed by atoms with Gasteiger partial charge in [0.05, 0.1) is 5.92 Å². The highest BCUT2D eigenvalue weighted by Crippen LogP contribution is 2.21. The predicted molar refractivity (Wildman–Crippen MR) is 116 cm³/mol. The maximum atomic E-state index is 12.9. The SMILES string of the molecule is CC[C@H](C(=O)Nc1cc(=O)[nH]c2nc(CCc3ccccc3)nn12)c1ccccc1. The van der Waals surface area contributed by atoms with Crippen molar-refractivity contribution in [3.63, 3.8) is 0 Å². The Morgan fingerprint density at radius 1 is 1.07 bits per heavy atom. The zero-order valence-electron chi connectivity index (χ0n) is 16.7. The summed E-state index contributed by atoms with van der Waals surface area (Å²) in [4.78, 5) is 32.1. The Morgan fingerprint density at radius 3 is 2.47 bits per heavy atom. The number of aromatic amines is 1. The summed E-state index contributed by atoms with van der Waals surface area (Å²) in [6.07, 6.45) is 2.06. The molecule has 0 saturated carbocycles. The monoisotopic (exact) mass is 401 g/mol. The summed E-state index contributed by atoms with van der Waals surface area (Å²) in [5.74, 6) is 0.727. The van der Waals surface area contributed by atoms with Gasteiger partial charge in [0, 0.05) is 12.5 Å². The summed E-state index contributed by atoms with van der Waals surface area (Å²) >= 11 is 0. The van der Waals surface area contributed by atoms with Crippen molar-refractivity contribution in [2.24, 2.45) is 0 Å². The number of nitrogens with one attached hydrogen (secondary N) is 2. The second-order valence-electron chi connectivity index (χ2n) is 7.13. The average molecular weight is 401 g/mol. The second-order valence-corrected chi connectivity index (χ2v) is 7.13. The number of benzene rings is 2. The van der Waals surface area contributed by atoms with Crippen molar-refractivity contribution < 1.29 is 4.79 Å². The van der Waals surface area contributed by atoms with E-state index in [-0.39, 0.29) is 17.4 Å². The molecule has 2 aromatic heterocycles. The number of H-pyrrole nitrogens is 1. The number of hydrogen-bond acceptors (Lipinski definition) is 4. The average Bonchev–Trinajstić information content (AvgIpc) is 3.17. The Balaban J connectivity index is 1.58. The summed E-state index contributed by atoms with van der Waals surface area (Å²) in [7, 11) is 0. The van der Waals surface area contributed by atoms with Crippen molar-refractivity contribution in [2.75, 3.05) is 5.32 Å². The van der Waals surface area contributed by atoms with Crippen molar-refractivity contribution in [1.29, 1.82) is 0 Å². The van der Waals surface area contributed by atoms with Crippen LogP contribution in [-0.4, -0.2) is 25.5 Å². The number of hydrogen-bond donors (Lipinski definition) is 2. The number of rotatable bonds is 7. The summed E-state index contributed by atoms with van der Waals surface area (Å²) in [5.41, 5.74) is 1.78. The lowest BCUT2D eigenvalue weighted by molar-refractivity contribution is -0.117. The molecule has 30 heavy (non-hydrogen) atoms. The summed E-state index contributed by atoms with van der Waals surface area (Å²) in [6, 6.07) is 21.0. The Hall–Kier alpha value is -3.74. The topological polar surface area (TPSA) is 92.1 Å². The van der Waals surface area contributed by atoms with E-state index in [1.165, 1.54) is 16.1 Å². The lowest BCUT2D eigenvalue weighted by Crippen LogP contribution is -2.24. The van der Waals surface area contributed by atoms with Gasteiger partial charge >= 0.3 is 0 Å². The number of aryl methyl sites for hydroxylation is 2. The molecule has 0 spiro atoms. The van der Waals surface area contributed by atoms with E-state index in [2.05, 4.69) is 32.5 Å². The summed E-state index contributed by atoms with van der Waals surface area (Å²) < 4.78 is 1.48. The first-order chi connectivity index (χ1) is 14.6. The quantitative estimate of drug-likeness (QED) is 0.497. The van der Waals surface area contributed by atoms with E-state index in [9.17, 15) is 9.59 Å². The van der Waals surface area contributed by atoms with Crippen LogP contribution in [0.3, 0.4) is 0 Å². The van der Waals surface area contributed by atoms with E-state index in [0.29, 0.717) is 30.3 Å². The zero-order valence-corrected chi connectivity index (χ0v) is 16.7. The Bertz CT molecular complexity index is 1200. The van der Waals surface area contributed by atoms with Gasteiger partial charge in [0.1, 0.15) is 5.82 Å². The molecule has 7 nitrogen and oxygen atoms in total. The molecular formula is C23H23N5O2. The summed E-state index contributed by atoms with van der Waals surface area (Å²) in [6.45, 7) is 1.96. The lowest BCUT2D eigenvalue weighted by atomic mass is 9.96. The maximum Gasteiger partial charge on any atom is 0.254 e. The van der Waals surface area contributed by atoms with Crippen LogP contribution < -0.4 is 10.9 Å². The van der Waals surface area contributed by atoms with Gasteiger partial charge in [0.25, 0.3) is 5.56 Å². The first-order valence-corrected chi connectivity index (χ1v) is 10.0. The highest BCUT2D eigenvalue weighted by atomic mass is 16.2. The highest BCUT2D eigenvalue weighted by molar-refractivity contribution is 5.95. The van der Waals surface area contributed by atoms with Crippen molar-refractivity contribution in [1.82, 2.24) is 19.6 Å². The molecule has 0 aliphatic rings. The number of carbonyl (C=O) groups excluding carboxylic acids is 1. The molecule has 152 valence electrons. The molecule has 0 aliphatic heterocycles. The molecule has 1 amide bonds. The molecule has 0 fully saturated rings. The third-order valence-electron chi connectivity index (χ3n) is 5.04. The molecule has 7 heteroatoms. The Kier molecular flexibility index (Phi) is 5.70.